The van der Waals surface area contributed by atoms with E-state index < -0.39 is 0 Å². The third-order valence-electron chi connectivity index (χ3n) is 4.09. The van der Waals surface area contributed by atoms with Gasteiger partial charge in [-0.05, 0) is 45.3 Å². The molecule has 0 aliphatic heterocycles. The van der Waals surface area contributed by atoms with E-state index in [-0.39, 0.29) is 11.1 Å². The minimum Gasteiger partial charge on any atom is -0.321 e. The number of H-pyrrole nitrogens is 1. The summed E-state index contributed by atoms with van der Waals surface area (Å²) in [5, 5.41) is 13.5. The predicted octanol–water partition coefficient (Wildman–Crippen LogP) is 4.22. The average molecular weight is 296 g/mol. The molecule has 4 rings (SSSR count). The number of hydrogen-bond acceptors (Lipinski definition) is 2. The maximum atomic E-state index is 11.8. The Balaban J connectivity index is 1.98. The van der Waals surface area contributed by atoms with Gasteiger partial charge < -0.3 is 4.98 Å². The molecule has 23 heavy (non-hydrogen) atoms. The Morgan fingerprint density at radius 2 is 1.57 bits per heavy atom. The van der Waals surface area contributed by atoms with Crippen molar-refractivity contribution in [3.63, 3.8) is 0 Å². The minimum absolute atomic E-state index is 0.125. The molecule has 0 saturated carbocycles. The smallest absolute Gasteiger partial charge is 0.266 e. The van der Waals surface area contributed by atoms with Crippen molar-refractivity contribution in [2.75, 3.05) is 0 Å². The molecule has 0 saturated heterocycles. The van der Waals surface area contributed by atoms with E-state index in [1.54, 1.807) is 12.1 Å². The van der Waals surface area contributed by atoms with Crippen molar-refractivity contribution in [3.05, 3.63) is 82.6 Å². The van der Waals surface area contributed by atoms with Crippen LogP contribution in [0.1, 0.15) is 5.56 Å². The van der Waals surface area contributed by atoms with Gasteiger partial charge in [0.15, 0.2) is 0 Å². The van der Waals surface area contributed by atoms with Crippen LogP contribution in [-0.4, -0.2) is 4.98 Å². The second-order valence-corrected chi connectivity index (χ2v) is 5.45. The molecule has 108 valence electrons. The topological polar surface area (TPSA) is 56.6 Å². The Kier molecular flexibility index (Phi) is 2.96. The molecule has 0 radical (unpaired) electrons. The number of pyridine rings is 1. The van der Waals surface area contributed by atoms with E-state index in [1.807, 2.05) is 30.3 Å². The molecule has 0 atom stereocenters. The fourth-order valence-corrected chi connectivity index (χ4v) is 2.90. The summed E-state index contributed by atoms with van der Waals surface area (Å²) in [5.41, 5.74) is 1.40. The van der Waals surface area contributed by atoms with E-state index in [0.29, 0.717) is 5.69 Å². The van der Waals surface area contributed by atoms with Gasteiger partial charge in [0, 0.05) is 5.69 Å². The minimum atomic E-state index is -0.358. The van der Waals surface area contributed by atoms with Gasteiger partial charge in [-0.1, -0.05) is 48.5 Å². The predicted molar refractivity (Wildman–Crippen MR) is 92.2 cm³/mol. The third kappa shape index (κ3) is 2.18. The first kappa shape index (κ1) is 13.3. The van der Waals surface area contributed by atoms with Gasteiger partial charge in [-0.3, -0.25) is 4.79 Å². The number of fused-ring (bicyclic) bond motifs is 3. The monoisotopic (exact) mass is 296 g/mol. The van der Waals surface area contributed by atoms with Gasteiger partial charge in [0.25, 0.3) is 5.56 Å². The van der Waals surface area contributed by atoms with Crippen LogP contribution in [0, 0.1) is 11.3 Å². The van der Waals surface area contributed by atoms with Crippen molar-refractivity contribution in [2.45, 2.75) is 0 Å². The summed E-state index contributed by atoms with van der Waals surface area (Å²) in [7, 11) is 0. The Bertz CT molecular complexity index is 1150. The van der Waals surface area contributed by atoms with Gasteiger partial charge in [0.05, 0.1) is 0 Å². The lowest BCUT2D eigenvalue weighted by Crippen LogP contribution is -2.10. The number of nitrogens with zero attached hydrogens (tertiary/aromatic N) is 1. The van der Waals surface area contributed by atoms with E-state index in [9.17, 15) is 4.79 Å². The van der Waals surface area contributed by atoms with Crippen LogP contribution in [0.4, 0.5) is 0 Å². The molecule has 3 aromatic carbocycles. The summed E-state index contributed by atoms with van der Waals surface area (Å²) < 4.78 is 0. The fourth-order valence-electron chi connectivity index (χ4n) is 2.90. The summed E-state index contributed by atoms with van der Waals surface area (Å²) >= 11 is 0. The molecule has 0 spiro atoms. The van der Waals surface area contributed by atoms with E-state index >= 15 is 0 Å². The Hall–Kier alpha value is -3.38. The van der Waals surface area contributed by atoms with Crippen LogP contribution in [-0.2, 0) is 0 Å². The van der Waals surface area contributed by atoms with Crippen LogP contribution in [0.25, 0.3) is 32.8 Å². The van der Waals surface area contributed by atoms with Crippen molar-refractivity contribution in [2.24, 2.45) is 0 Å². The first-order valence-electron chi connectivity index (χ1n) is 7.31. The highest BCUT2D eigenvalue weighted by Gasteiger charge is 2.05. The quantitative estimate of drug-likeness (QED) is 0.535. The maximum Gasteiger partial charge on any atom is 0.266 e. The molecule has 0 aliphatic carbocycles. The van der Waals surface area contributed by atoms with Gasteiger partial charge in [-0.2, -0.15) is 5.26 Å². The van der Waals surface area contributed by atoms with E-state index in [2.05, 4.69) is 35.3 Å². The largest absolute Gasteiger partial charge is 0.321 e. The summed E-state index contributed by atoms with van der Waals surface area (Å²) in [6, 6.07) is 23.8. The summed E-state index contributed by atoms with van der Waals surface area (Å²) in [4.78, 5) is 14.6. The molecule has 0 unspecified atom stereocenters. The number of hydrogen-bond donors (Lipinski definition) is 1. The van der Waals surface area contributed by atoms with Gasteiger partial charge in [0.2, 0.25) is 0 Å². The highest BCUT2D eigenvalue weighted by molar-refractivity contribution is 6.08. The number of rotatable bonds is 1. The van der Waals surface area contributed by atoms with Gasteiger partial charge in [0.1, 0.15) is 11.6 Å². The second kappa shape index (κ2) is 5.11. The Labute approximate surface area is 132 Å². The number of aromatic nitrogens is 1. The number of nitriles is 1. The van der Waals surface area contributed by atoms with Gasteiger partial charge in [-0.15, -0.1) is 0 Å². The standard InChI is InChI=1S/C20H12N2O/c21-12-16-9-10-19(22-20(16)23)15-8-7-14-6-5-13-3-1-2-4-17(13)18(14)11-15/h1-11H,(H,22,23). The molecule has 1 N–H and O–H groups in total. The van der Waals surface area contributed by atoms with Gasteiger partial charge >= 0.3 is 0 Å². The van der Waals surface area contributed by atoms with Crippen molar-refractivity contribution >= 4 is 21.5 Å². The zero-order valence-electron chi connectivity index (χ0n) is 12.2. The van der Waals surface area contributed by atoms with Crippen LogP contribution in [0.5, 0.6) is 0 Å². The number of benzene rings is 3. The fraction of sp³-hybridized carbons (Fsp3) is 0. The molecule has 3 heteroatoms. The van der Waals surface area contributed by atoms with Crippen LogP contribution in [0.15, 0.2) is 71.5 Å². The average Bonchev–Trinajstić information content (AvgIpc) is 2.61. The lowest BCUT2D eigenvalue weighted by atomic mass is 9.99. The molecule has 0 amide bonds. The highest BCUT2D eigenvalue weighted by atomic mass is 16.1. The molecule has 4 aromatic rings. The molecular formula is C20H12N2O. The van der Waals surface area contributed by atoms with Crippen molar-refractivity contribution < 1.29 is 0 Å². The summed E-state index contributed by atoms with van der Waals surface area (Å²) in [5.74, 6) is 0. The summed E-state index contributed by atoms with van der Waals surface area (Å²) in [6.07, 6.45) is 0. The zero-order chi connectivity index (χ0) is 15.8. The van der Waals surface area contributed by atoms with Gasteiger partial charge in [-0.25, -0.2) is 0 Å². The van der Waals surface area contributed by atoms with E-state index in [1.165, 1.54) is 10.8 Å². The summed E-state index contributed by atoms with van der Waals surface area (Å²) in [6.45, 7) is 0. The highest BCUT2D eigenvalue weighted by Crippen LogP contribution is 2.29. The SMILES string of the molecule is N#Cc1ccc(-c2ccc3ccc4ccccc4c3c2)[nH]c1=O. The lowest BCUT2D eigenvalue weighted by molar-refractivity contribution is 1.22. The normalized spacial score (nSPS) is 10.7. The molecule has 0 aliphatic rings. The molecular weight excluding hydrogens is 284 g/mol. The van der Waals surface area contributed by atoms with Crippen molar-refractivity contribution in [1.29, 1.82) is 5.26 Å². The maximum absolute atomic E-state index is 11.8. The van der Waals surface area contributed by atoms with Crippen LogP contribution < -0.4 is 5.56 Å². The first-order chi connectivity index (χ1) is 11.3. The zero-order valence-corrected chi connectivity index (χ0v) is 12.2. The van der Waals surface area contributed by atoms with E-state index in [0.717, 1.165) is 16.3 Å². The van der Waals surface area contributed by atoms with Crippen molar-refractivity contribution in [1.82, 2.24) is 4.98 Å². The Morgan fingerprint density at radius 1 is 0.826 bits per heavy atom. The molecule has 0 bridgehead atoms. The number of aromatic amines is 1. The molecule has 1 heterocycles. The molecule has 0 fully saturated rings. The first-order valence-corrected chi connectivity index (χ1v) is 7.31. The van der Waals surface area contributed by atoms with Crippen molar-refractivity contribution in [3.8, 4) is 17.3 Å². The Morgan fingerprint density at radius 3 is 2.35 bits per heavy atom. The van der Waals surface area contributed by atoms with E-state index in [4.69, 9.17) is 5.26 Å². The second-order valence-electron chi connectivity index (χ2n) is 5.45. The van der Waals surface area contributed by atoms with Crippen LogP contribution >= 0.6 is 0 Å². The third-order valence-corrected chi connectivity index (χ3v) is 4.09. The molecule has 3 nitrogen and oxygen atoms in total. The van der Waals surface area contributed by atoms with Crippen LogP contribution in [0.2, 0.25) is 0 Å². The molecule has 1 aromatic heterocycles. The van der Waals surface area contributed by atoms with Crippen LogP contribution in [0.3, 0.4) is 0 Å². The number of nitrogens with one attached hydrogen (secondary N) is 1. The lowest BCUT2D eigenvalue weighted by Gasteiger charge is -2.07.